The molecule has 1 N–H and O–H groups in total. The van der Waals surface area contributed by atoms with E-state index in [1.807, 2.05) is 36.4 Å². The molecule has 0 aromatic heterocycles. The Balaban J connectivity index is 1.36. The lowest BCUT2D eigenvalue weighted by Crippen LogP contribution is -2.44. The first-order chi connectivity index (χ1) is 15.2. The molecule has 156 valence electrons. The average molecular weight is 414 g/mol. The molecule has 0 saturated carbocycles. The van der Waals surface area contributed by atoms with Gasteiger partial charge in [-0.15, -0.1) is 0 Å². The average Bonchev–Trinajstić information content (AvgIpc) is 3.30. The number of rotatable bonds is 5. The molecule has 0 bridgehead atoms. The first kappa shape index (κ1) is 20.3. The number of amides is 2. The molecule has 0 aliphatic carbocycles. The molecule has 1 aliphatic rings. The summed E-state index contributed by atoms with van der Waals surface area (Å²) >= 11 is 0. The minimum Gasteiger partial charge on any atom is -0.410 e. The Morgan fingerprint density at radius 3 is 2.13 bits per heavy atom. The van der Waals surface area contributed by atoms with Gasteiger partial charge in [0.15, 0.2) is 0 Å². The predicted molar refractivity (Wildman–Crippen MR) is 118 cm³/mol. The van der Waals surface area contributed by atoms with Gasteiger partial charge in [0.25, 0.3) is 0 Å². The van der Waals surface area contributed by atoms with Crippen molar-refractivity contribution < 1.29 is 14.3 Å². The molecule has 31 heavy (non-hydrogen) atoms. The highest BCUT2D eigenvalue weighted by Crippen LogP contribution is 2.23. The molecule has 3 aromatic carbocycles. The number of azo groups is 1. The summed E-state index contributed by atoms with van der Waals surface area (Å²) in [5.74, 6) is 0.222. The van der Waals surface area contributed by atoms with Gasteiger partial charge >= 0.3 is 6.09 Å². The van der Waals surface area contributed by atoms with Crippen molar-refractivity contribution >= 4 is 29.1 Å². The molecule has 2 amide bonds. The second-order valence-corrected chi connectivity index (χ2v) is 7.10. The summed E-state index contributed by atoms with van der Waals surface area (Å²) in [7, 11) is 0. The zero-order chi connectivity index (χ0) is 21.5. The van der Waals surface area contributed by atoms with Gasteiger partial charge in [0.05, 0.1) is 11.4 Å². The van der Waals surface area contributed by atoms with Gasteiger partial charge in [-0.25, -0.2) is 4.79 Å². The Kier molecular flexibility index (Phi) is 6.32. The molecular weight excluding hydrogens is 392 g/mol. The molecule has 7 heteroatoms. The van der Waals surface area contributed by atoms with E-state index < -0.39 is 12.1 Å². The van der Waals surface area contributed by atoms with E-state index in [1.165, 1.54) is 4.90 Å². The van der Waals surface area contributed by atoms with Crippen molar-refractivity contribution in [3.05, 3.63) is 84.9 Å². The van der Waals surface area contributed by atoms with Crippen molar-refractivity contribution in [2.45, 2.75) is 18.9 Å². The van der Waals surface area contributed by atoms with Crippen LogP contribution in [0.1, 0.15) is 12.8 Å². The Morgan fingerprint density at radius 1 is 0.839 bits per heavy atom. The molecule has 1 atom stereocenters. The van der Waals surface area contributed by atoms with E-state index in [0.29, 0.717) is 30.1 Å². The minimum absolute atomic E-state index is 0.235. The number of para-hydroxylation sites is 1. The second kappa shape index (κ2) is 9.67. The van der Waals surface area contributed by atoms with Gasteiger partial charge < -0.3 is 10.1 Å². The van der Waals surface area contributed by atoms with E-state index in [4.69, 9.17) is 4.74 Å². The number of likely N-dealkylation sites (tertiary alicyclic amines) is 1. The fraction of sp³-hybridized carbons (Fsp3) is 0.167. The highest BCUT2D eigenvalue weighted by molar-refractivity contribution is 5.97. The van der Waals surface area contributed by atoms with Crippen LogP contribution in [-0.4, -0.2) is 29.5 Å². The van der Waals surface area contributed by atoms with Gasteiger partial charge in [-0.2, -0.15) is 10.2 Å². The third-order valence-electron chi connectivity index (χ3n) is 4.91. The molecule has 1 saturated heterocycles. The molecule has 0 radical (unpaired) electrons. The van der Waals surface area contributed by atoms with Crippen LogP contribution in [0.15, 0.2) is 95.2 Å². The quantitative estimate of drug-likeness (QED) is 0.543. The molecular formula is C24H22N4O3. The highest BCUT2D eigenvalue weighted by Gasteiger charge is 2.35. The van der Waals surface area contributed by atoms with E-state index in [9.17, 15) is 9.59 Å². The first-order valence-electron chi connectivity index (χ1n) is 10.1. The molecule has 0 unspecified atom stereocenters. The number of nitrogens with zero attached hydrogens (tertiary/aromatic N) is 3. The number of carbonyl (C=O) groups is 2. The van der Waals surface area contributed by atoms with E-state index in [1.54, 1.807) is 48.5 Å². The maximum Gasteiger partial charge on any atom is 0.415 e. The smallest absolute Gasteiger partial charge is 0.410 e. The van der Waals surface area contributed by atoms with Crippen LogP contribution in [-0.2, 0) is 4.79 Å². The summed E-state index contributed by atoms with van der Waals surface area (Å²) in [5, 5.41) is 11.2. The zero-order valence-electron chi connectivity index (χ0n) is 16.8. The number of benzene rings is 3. The number of ether oxygens (including phenoxy) is 1. The summed E-state index contributed by atoms with van der Waals surface area (Å²) in [4.78, 5) is 26.8. The monoisotopic (exact) mass is 414 g/mol. The van der Waals surface area contributed by atoms with E-state index >= 15 is 0 Å². The summed E-state index contributed by atoms with van der Waals surface area (Å²) in [5.41, 5.74) is 2.08. The fourth-order valence-corrected chi connectivity index (χ4v) is 3.35. The van der Waals surface area contributed by atoms with E-state index in [2.05, 4.69) is 15.5 Å². The van der Waals surface area contributed by atoms with Gasteiger partial charge in [-0.05, 0) is 61.4 Å². The van der Waals surface area contributed by atoms with Crippen molar-refractivity contribution in [3.8, 4) is 5.75 Å². The van der Waals surface area contributed by atoms with Crippen LogP contribution in [0.3, 0.4) is 0 Å². The lowest BCUT2D eigenvalue weighted by atomic mass is 10.2. The third-order valence-corrected chi connectivity index (χ3v) is 4.91. The normalized spacial score (nSPS) is 15.7. The Morgan fingerprint density at radius 2 is 1.45 bits per heavy atom. The van der Waals surface area contributed by atoms with Crippen LogP contribution >= 0.6 is 0 Å². The molecule has 3 aromatic rings. The Labute approximate surface area is 180 Å². The van der Waals surface area contributed by atoms with Crippen molar-refractivity contribution in [1.29, 1.82) is 0 Å². The van der Waals surface area contributed by atoms with Crippen molar-refractivity contribution in [2.75, 3.05) is 11.9 Å². The summed E-state index contributed by atoms with van der Waals surface area (Å²) in [6.45, 7) is 0.489. The van der Waals surface area contributed by atoms with E-state index in [-0.39, 0.29) is 5.91 Å². The van der Waals surface area contributed by atoms with Crippen LogP contribution in [0.2, 0.25) is 0 Å². The highest BCUT2D eigenvalue weighted by atomic mass is 16.6. The number of nitrogens with one attached hydrogen (secondary N) is 1. The van der Waals surface area contributed by atoms with Crippen LogP contribution in [0.5, 0.6) is 5.75 Å². The minimum atomic E-state index is -0.561. The molecule has 7 nitrogen and oxygen atoms in total. The SMILES string of the molecule is O=C(Nc1ccc(N=Nc2ccccc2)cc1)[C@H]1CCCN1C(=O)Oc1ccccc1. The molecule has 0 spiro atoms. The van der Waals surface area contributed by atoms with Crippen molar-refractivity contribution in [2.24, 2.45) is 10.2 Å². The lowest BCUT2D eigenvalue weighted by Gasteiger charge is -2.23. The number of anilines is 1. The van der Waals surface area contributed by atoms with Crippen LogP contribution in [0.4, 0.5) is 21.9 Å². The number of hydrogen-bond acceptors (Lipinski definition) is 5. The standard InChI is InChI=1S/C24H22N4O3/c29-23(22-12-7-17-28(22)24(30)31-21-10-5-2-6-11-21)25-18-13-15-20(16-14-18)27-26-19-8-3-1-4-9-19/h1-6,8-11,13-16,22H,7,12,17H2,(H,25,29)/t22-/m1/s1. The summed E-state index contributed by atoms with van der Waals surface area (Å²) in [6.07, 6.45) is 0.834. The van der Waals surface area contributed by atoms with Gasteiger partial charge in [-0.3, -0.25) is 9.69 Å². The zero-order valence-corrected chi connectivity index (χ0v) is 16.8. The maximum atomic E-state index is 12.8. The summed E-state index contributed by atoms with van der Waals surface area (Å²) in [6, 6.07) is 24.8. The largest absolute Gasteiger partial charge is 0.415 e. The lowest BCUT2D eigenvalue weighted by molar-refractivity contribution is -0.119. The Hall–Kier alpha value is -4.00. The Bertz CT molecular complexity index is 1050. The summed E-state index contributed by atoms with van der Waals surface area (Å²) < 4.78 is 5.39. The van der Waals surface area contributed by atoms with Crippen LogP contribution in [0.25, 0.3) is 0 Å². The van der Waals surface area contributed by atoms with Crippen LogP contribution in [0, 0.1) is 0 Å². The van der Waals surface area contributed by atoms with Gasteiger partial charge in [0, 0.05) is 12.2 Å². The van der Waals surface area contributed by atoms with Crippen LogP contribution < -0.4 is 10.1 Å². The molecule has 1 fully saturated rings. The van der Waals surface area contributed by atoms with Gasteiger partial charge in [-0.1, -0.05) is 36.4 Å². The fourth-order valence-electron chi connectivity index (χ4n) is 3.35. The van der Waals surface area contributed by atoms with Crippen molar-refractivity contribution in [3.63, 3.8) is 0 Å². The first-order valence-corrected chi connectivity index (χ1v) is 10.1. The molecule has 1 heterocycles. The predicted octanol–water partition coefficient (Wildman–Crippen LogP) is 5.70. The number of hydrogen-bond donors (Lipinski definition) is 1. The number of carbonyl (C=O) groups excluding carboxylic acids is 2. The topological polar surface area (TPSA) is 83.4 Å². The molecule has 4 rings (SSSR count). The van der Waals surface area contributed by atoms with E-state index in [0.717, 1.165) is 12.1 Å². The van der Waals surface area contributed by atoms with Gasteiger partial charge in [0.1, 0.15) is 11.8 Å². The molecule has 1 aliphatic heterocycles. The second-order valence-electron chi connectivity index (χ2n) is 7.10. The maximum absolute atomic E-state index is 12.8. The van der Waals surface area contributed by atoms with Crippen molar-refractivity contribution in [1.82, 2.24) is 4.90 Å². The third kappa shape index (κ3) is 5.33. The van der Waals surface area contributed by atoms with Gasteiger partial charge in [0.2, 0.25) is 5.91 Å².